The molecule has 2 N–H and O–H groups in total. The Kier molecular flexibility index (Phi) is 10.9. The number of hydrogen-bond acceptors (Lipinski definition) is 6. The van der Waals surface area contributed by atoms with E-state index in [-0.39, 0.29) is 11.8 Å². The van der Waals surface area contributed by atoms with Crippen LogP contribution in [0.25, 0.3) is 11.0 Å². The molecule has 0 aliphatic carbocycles. The molecule has 1 fully saturated rings. The van der Waals surface area contributed by atoms with Crippen molar-refractivity contribution in [1.82, 2.24) is 25.1 Å². The normalized spacial score (nSPS) is 15.1. The Morgan fingerprint density at radius 1 is 1.13 bits per heavy atom. The number of hydrogen-bond donors (Lipinski definition) is 2. The molecule has 2 aromatic heterocycles. The quantitative estimate of drug-likeness (QED) is 0.280. The number of aromatic nitrogens is 2. The average Bonchev–Trinajstić information content (AvgIpc) is 3.60. The lowest BCUT2D eigenvalue weighted by Gasteiger charge is -2.26. The first kappa shape index (κ1) is 29.2. The third-order valence-corrected chi connectivity index (χ3v) is 8.37. The summed E-state index contributed by atoms with van der Waals surface area (Å²) in [5, 5.41) is 8.10. The number of morpholine rings is 1. The second kappa shape index (κ2) is 14.6. The van der Waals surface area contributed by atoms with Crippen LogP contribution in [0.2, 0.25) is 0 Å². The van der Waals surface area contributed by atoms with E-state index in [1.165, 1.54) is 4.88 Å². The number of nitrogens with zero attached hydrogens (tertiary/aromatic N) is 3. The lowest BCUT2D eigenvalue weighted by molar-refractivity contribution is -0.123. The Morgan fingerprint density at radius 2 is 1.92 bits per heavy atom. The van der Waals surface area contributed by atoms with Gasteiger partial charge in [0, 0.05) is 42.5 Å². The van der Waals surface area contributed by atoms with Crippen LogP contribution in [0.1, 0.15) is 80.0 Å². The van der Waals surface area contributed by atoms with Crippen molar-refractivity contribution < 1.29 is 14.3 Å². The van der Waals surface area contributed by atoms with E-state index in [9.17, 15) is 9.59 Å². The number of ether oxygens (including phenoxy) is 1. The van der Waals surface area contributed by atoms with Crippen LogP contribution in [0.4, 0.5) is 0 Å². The molecule has 212 valence electrons. The van der Waals surface area contributed by atoms with E-state index in [4.69, 9.17) is 9.72 Å². The number of rotatable bonds is 14. The van der Waals surface area contributed by atoms with E-state index < -0.39 is 6.04 Å². The summed E-state index contributed by atoms with van der Waals surface area (Å²) >= 11 is 1.74. The summed E-state index contributed by atoms with van der Waals surface area (Å²) in [6, 6.07) is 9.74. The molecular weight excluding hydrogens is 510 g/mol. The van der Waals surface area contributed by atoms with Crippen molar-refractivity contribution in [1.29, 1.82) is 0 Å². The predicted molar refractivity (Wildman–Crippen MR) is 158 cm³/mol. The van der Waals surface area contributed by atoms with Gasteiger partial charge in [0.1, 0.15) is 11.9 Å². The second-order valence-corrected chi connectivity index (χ2v) is 11.3. The molecule has 0 spiro atoms. The highest BCUT2D eigenvalue weighted by atomic mass is 32.1. The van der Waals surface area contributed by atoms with Crippen LogP contribution < -0.4 is 10.6 Å². The number of fused-ring (bicyclic) bond motifs is 1. The maximum atomic E-state index is 13.3. The van der Waals surface area contributed by atoms with Crippen molar-refractivity contribution in [2.75, 3.05) is 39.4 Å². The number of nitrogens with one attached hydrogen (secondary N) is 2. The fourth-order valence-corrected chi connectivity index (χ4v) is 6.01. The molecule has 1 aliphatic rings. The molecule has 0 bridgehead atoms. The van der Waals surface area contributed by atoms with Gasteiger partial charge in [-0.2, -0.15) is 0 Å². The van der Waals surface area contributed by atoms with E-state index in [0.717, 1.165) is 81.8 Å². The minimum atomic E-state index is -0.557. The number of thiophene rings is 1. The SMILES string of the molecule is CCCC(NC(=O)c1ccc2c(c1)nc(Cc1cccs1)n2C(CC)CC)C(=O)NCCCN1CCOCC1. The molecule has 39 heavy (non-hydrogen) atoms. The van der Waals surface area contributed by atoms with Crippen molar-refractivity contribution in [3.63, 3.8) is 0 Å². The molecule has 9 heteroatoms. The summed E-state index contributed by atoms with van der Waals surface area (Å²) in [6.45, 7) is 11.4. The van der Waals surface area contributed by atoms with Gasteiger partial charge in [-0.25, -0.2) is 4.98 Å². The summed E-state index contributed by atoms with van der Waals surface area (Å²) < 4.78 is 7.74. The third kappa shape index (κ3) is 7.68. The van der Waals surface area contributed by atoms with Crippen molar-refractivity contribution in [2.24, 2.45) is 0 Å². The van der Waals surface area contributed by atoms with E-state index in [2.05, 4.69) is 51.5 Å². The van der Waals surface area contributed by atoms with Crippen LogP contribution in [0.5, 0.6) is 0 Å². The number of imidazole rings is 1. The van der Waals surface area contributed by atoms with Gasteiger partial charge in [0.25, 0.3) is 5.91 Å². The van der Waals surface area contributed by atoms with Gasteiger partial charge >= 0.3 is 0 Å². The van der Waals surface area contributed by atoms with Crippen molar-refractivity contribution in [3.8, 4) is 0 Å². The highest BCUT2D eigenvalue weighted by Crippen LogP contribution is 2.28. The molecule has 2 amide bonds. The third-order valence-electron chi connectivity index (χ3n) is 7.50. The predicted octanol–water partition coefficient (Wildman–Crippen LogP) is 4.79. The van der Waals surface area contributed by atoms with E-state index >= 15 is 0 Å². The van der Waals surface area contributed by atoms with Gasteiger partial charge in [-0.05, 0) is 61.9 Å². The van der Waals surface area contributed by atoms with E-state index in [1.54, 1.807) is 11.3 Å². The minimum Gasteiger partial charge on any atom is -0.379 e. The van der Waals surface area contributed by atoms with Gasteiger partial charge in [-0.15, -0.1) is 11.3 Å². The molecule has 1 aliphatic heterocycles. The first-order valence-electron chi connectivity index (χ1n) is 14.5. The van der Waals surface area contributed by atoms with Crippen LogP contribution in [0.15, 0.2) is 35.7 Å². The molecular formula is C30H43N5O3S. The standard InChI is InChI=1S/C30H43N5O3S/c1-4-9-25(30(37)31-13-8-14-34-15-17-38-18-16-34)33-29(36)22-11-12-27-26(20-22)32-28(21-24-10-7-19-39-24)35(27)23(5-2)6-3/h7,10-12,19-20,23,25H,4-6,8-9,13-18,21H2,1-3H3,(H,31,37)(H,33,36). The Balaban J connectivity index is 1.43. The van der Waals surface area contributed by atoms with Crippen LogP contribution in [0.3, 0.4) is 0 Å². The summed E-state index contributed by atoms with van der Waals surface area (Å²) in [5.41, 5.74) is 2.40. The molecule has 1 aromatic carbocycles. The highest BCUT2D eigenvalue weighted by molar-refractivity contribution is 7.09. The number of carbonyl (C=O) groups is 2. The molecule has 1 unspecified atom stereocenters. The average molecular weight is 554 g/mol. The Labute approximate surface area is 236 Å². The maximum Gasteiger partial charge on any atom is 0.252 e. The first-order valence-corrected chi connectivity index (χ1v) is 15.3. The van der Waals surface area contributed by atoms with Gasteiger partial charge in [0.05, 0.1) is 24.2 Å². The molecule has 1 atom stereocenters. The molecule has 8 nitrogen and oxygen atoms in total. The molecule has 0 saturated carbocycles. The zero-order valence-electron chi connectivity index (χ0n) is 23.6. The van der Waals surface area contributed by atoms with Gasteiger partial charge in [0.2, 0.25) is 5.91 Å². The summed E-state index contributed by atoms with van der Waals surface area (Å²) in [7, 11) is 0. The van der Waals surface area contributed by atoms with E-state index in [1.807, 2.05) is 25.1 Å². The highest BCUT2D eigenvalue weighted by Gasteiger charge is 2.23. The fraction of sp³-hybridized carbons (Fsp3) is 0.567. The van der Waals surface area contributed by atoms with Crippen molar-refractivity contribution in [3.05, 3.63) is 52.0 Å². The Morgan fingerprint density at radius 3 is 2.62 bits per heavy atom. The first-order chi connectivity index (χ1) is 19.0. The van der Waals surface area contributed by atoms with Crippen LogP contribution in [-0.4, -0.2) is 71.7 Å². The smallest absolute Gasteiger partial charge is 0.252 e. The summed E-state index contributed by atoms with van der Waals surface area (Å²) in [4.78, 5) is 34.8. The van der Waals surface area contributed by atoms with Crippen LogP contribution >= 0.6 is 11.3 Å². The number of amides is 2. The Bertz CT molecular complexity index is 1200. The van der Waals surface area contributed by atoms with Gasteiger partial charge in [-0.1, -0.05) is 33.3 Å². The van der Waals surface area contributed by atoms with Gasteiger partial charge in [-0.3, -0.25) is 14.5 Å². The second-order valence-electron chi connectivity index (χ2n) is 10.2. The minimum absolute atomic E-state index is 0.121. The van der Waals surface area contributed by atoms with Gasteiger partial charge < -0.3 is 19.9 Å². The summed E-state index contributed by atoms with van der Waals surface area (Å²) in [6.07, 6.45) is 5.08. The summed E-state index contributed by atoms with van der Waals surface area (Å²) in [5.74, 6) is 0.666. The van der Waals surface area contributed by atoms with Gasteiger partial charge in [0.15, 0.2) is 0 Å². The lowest BCUT2D eigenvalue weighted by Crippen LogP contribution is -2.47. The molecule has 4 rings (SSSR count). The number of carbonyl (C=O) groups excluding carboxylic acids is 2. The fourth-order valence-electron chi connectivity index (χ4n) is 5.31. The Hall–Kier alpha value is -2.75. The lowest BCUT2D eigenvalue weighted by atomic mass is 10.1. The van der Waals surface area contributed by atoms with E-state index in [0.29, 0.717) is 24.6 Å². The number of benzene rings is 1. The van der Waals surface area contributed by atoms with Crippen molar-refractivity contribution >= 4 is 34.2 Å². The maximum absolute atomic E-state index is 13.3. The molecule has 3 aromatic rings. The molecule has 1 saturated heterocycles. The molecule has 0 radical (unpaired) electrons. The van der Waals surface area contributed by atoms with Crippen molar-refractivity contribution in [2.45, 2.75) is 71.4 Å². The van der Waals surface area contributed by atoms with Crippen LogP contribution in [-0.2, 0) is 16.0 Å². The zero-order chi connectivity index (χ0) is 27.6. The largest absolute Gasteiger partial charge is 0.379 e. The topological polar surface area (TPSA) is 88.5 Å². The molecule has 3 heterocycles. The monoisotopic (exact) mass is 553 g/mol. The zero-order valence-corrected chi connectivity index (χ0v) is 24.4. The van der Waals surface area contributed by atoms with Crippen LogP contribution in [0, 0.1) is 0 Å².